The Balaban J connectivity index is 1.68. The molecule has 0 bridgehead atoms. The van der Waals surface area contributed by atoms with E-state index in [0.717, 1.165) is 21.4 Å². The molecule has 0 saturated heterocycles. The van der Waals surface area contributed by atoms with Gasteiger partial charge < -0.3 is 10.6 Å². The molecule has 2 N–H and O–H groups in total. The van der Waals surface area contributed by atoms with Crippen LogP contribution in [0.5, 0.6) is 0 Å². The number of hydrogen-bond donors (Lipinski definition) is 2. The molecule has 0 radical (unpaired) electrons. The van der Waals surface area contributed by atoms with Crippen LogP contribution in [0.25, 0.3) is 0 Å². The van der Waals surface area contributed by atoms with E-state index in [0.29, 0.717) is 0 Å². The first-order valence-corrected chi connectivity index (χ1v) is 7.21. The molecule has 3 nitrogen and oxygen atoms in total. The molecule has 2 aromatic rings. The topological polar surface area (TPSA) is 41.1 Å². The van der Waals surface area contributed by atoms with E-state index in [4.69, 9.17) is 0 Å². The quantitative estimate of drug-likeness (QED) is 0.804. The molecule has 0 aromatic heterocycles. The van der Waals surface area contributed by atoms with E-state index < -0.39 is 0 Å². The molecule has 0 spiro atoms. The van der Waals surface area contributed by atoms with Crippen molar-refractivity contribution in [3.8, 4) is 0 Å². The molecule has 1 aliphatic heterocycles. The second kappa shape index (κ2) is 5.21. The third-order valence-electron chi connectivity index (χ3n) is 3.20. The van der Waals surface area contributed by atoms with Crippen LogP contribution >= 0.6 is 22.6 Å². The summed E-state index contributed by atoms with van der Waals surface area (Å²) in [6, 6.07) is 15.7. The number of rotatable bonds is 2. The van der Waals surface area contributed by atoms with Crippen molar-refractivity contribution in [2.24, 2.45) is 0 Å². The average Bonchev–Trinajstić information content (AvgIpc) is 2.85. The van der Waals surface area contributed by atoms with Gasteiger partial charge in [0.15, 0.2) is 0 Å². The number of para-hydroxylation sites is 1. The second-order valence-corrected chi connectivity index (χ2v) is 5.80. The zero-order valence-corrected chi connectivity index (χ0v) is 12.3. The van der Waals surface area contributed by atoms with Crippen molar-refractivity contribution < 1.29 is 4.79 Å². The highest BCUT2D eigenvalue weighted by molar-refractivity contribution is 14.1. The van der Waals surface area contributed by atoms with Gasteiger partial charge >= 0.3 is 0 Å². The van der Waals surface area contributed by atoms with Gasteiger partial charge in [0.25, 0.3) is 0 Å². The summed E-state index contributed by atoms with van der Waals surface area (Å²) in [5.74, 6) is 0.0115. The predicted octanol–water partition coefficient (Wildman–Crippen LogP) is 3.27. The number of carbonyl (C=O) groups is 1. The van der Waals surface area contributed by atoms with E-state index in [1.54, 1.807) is 0 Å². The molecule has 4 heteroatoms. The second-order valence-electron chi connectivity index (χ2n) is 4.55. The van der Waals surface area contributed by atoms with Crippen molar-refractivity contribution in [2.75, 3.05) is 10.6 Å². The Kier molecular flexibility index (Phi) is 3.42. The van der Waals surface area contributed by atoms with Gasteiger partial charge in [-0.2, -0.15) is 0 Å². The van der Waals surface area contributed by atoms with Crippen molar-refractivity contribution >= 4 is 39.9 Å². The number of benzene rings is 2. The molecule has 1 atom stereocenters. The van der Waals surface area contributed by atoms with E-state index in [9.17, 15) is 4.79 Å². The lowest BCUT2D eigenvalue weighted by molar-refractivity contribution is -0.116. The average molecular weight is 364 g/mol. The summed E-state index contributed by atoms with van der Waals surface area (Å²) < 4.78 is 1.15. The largest absolute Gasteiger partial charge is 0.373 e. The van der Waals surface area contributed by atoms with E-state index in [1.807, 2.05) is 42.5 Å². The molecular formula is C15H13IN2O. The smallest absolute Gasteiger partial charge is 0.247 e. The summed E-state index contributed by atoms with van der Waals surface area (Å²) in [5.41, 5.74) is 3.10. The van der Waals surface area contributed by atoms with Gasteiger partial charge in [-0.25, -0.2) is 0 Å². The summed E-state index contributed by atoms with van der Waals surface area (Å²) in [6.07, 6.45) is 0.742. The van der Waals surface area contributed by atoms with E-state index in [2.05, 4.69) is 39.3 Å². The Hall–Kier alpha value is -1.56. The molecule has 2 aromatic carbocycles. The van der Waals surface area contributed by atoms with E-state index in [1.165, 1.54) is 5.56 Å². The minimum atomic E-state index is -0.184. The summed E-state index contributed by atoms with van der Waals surface area (Å²) in [6.45, 7) is 0. The molecule has 1 aliphatic rings. The lowest BCUT2D eigenvalue weighted by Gasteiger charge is -2.12. The van der Waals surface area contributed by atoms with Gasteiger partial charge in [-0.05, 0) is 58.5 Å². The number of nitrogens with one attached hydrogen (secondary N) is 2. The summed E-state index contributed by atoms with van der Waals surface area (Å²) in [7, 11) is 0. The van der Waals surface area contributed by atoms with E-state index in [-0.39, 0.29) is 11.9 Å². The van der Waals surface area contributed by atoms with Gasteiger partial charge in [0, 0.05) is 21.4 Å². The van der Waals surface area contributed by atoms with Gasteiger partial charge in [0.05, 0.1) is 0 Å². The fourth-order valence-corrected chi connectivity index (χ4v) is 2.58. The molecular weight excluding hydrogens is 351 g/mol. The minimum absolute atomic E-state index is 0.0115. The molecule has 0 fully saturated rings. The zero-order chi connectivity index (χ0) is 13.2. The molecule has 0 aliphatic carbocycles. The maximum atomic E-state index is 12.2. The van der Waals surface area contributed by atoms with E-state index >= 15 is 0 Å². The monoisotopic (exact) mass is 364 g/mol. The molecule has 1 unspecified atom stereocenters. The van der Waals surface area contributed by atoms with Crippen LogP contribution in [0.4, 0.5) is 11.4 Å². The summed E-state index contributed by atoms with van der Waals surface area (Å²) in [4.78, 5) is 12.2. The van der Waals surface area contributed by atoms with Gasteiger partial charge in [0.1, 0.15) is 6.04 Å². The highest BCUT2D eigenvalue weighted by Gasteiger charge is 2.26. The van der Waals surface area contributed by atoms with Gasteiger partial charge in [0.2, 0.25) is 5.91 Å². The van der Waals surface area contributed by atoms with Crippen molar-refractivity contribution in [3.63, 3.8) is 0 Å². The van der Waals surface area contributed by atoms with Crippen LogP contribution in [0.2, 0.25) is 0 Å². The van der Waals surface area contributed by atoms with Crippen molar-refractivity contribution in [1.29, 1.82) is 0 Å². The SMILES string of the molecule is O=C(Nc1ccc(I)cc1)C1Cc2ccccc2N1. The highest BCUT2D eigenvalue weighted by Crippen LogP contribution is 2.25. The number of amides is 1. The number of fused-ring (bicyclic) bond motifs is 1. The molecule has 96 valence electrons. The fourth-order valence-electron chi connectivity index (χ4n) is 2.22. The van der Waals surface area contributed by atoms with Crippen LogP contribution in [-0.2, 0) is 11.2 Å². The number of anilines is 2. The van der Waals surface area contributed by atoms with Gasteiger partial charge in [-0.3, -0.25) is 4.79 Å². The van der Waals surface area contributed by atoms with Crippen molar-refractivity contribution in [3.05, 3.63) is 57.7 Å². The van der Waals surface area contributed by atoms with Gasteiger partial charge in [-0.1, -0.05) is 18.2 Å². The maximum absolute atomic E-state index is 12.2. The zero-order valence-electron chi connectivity index (χ0n) is 10.2. The Bertz CT molecular complexity index is 585. The Morgan fingerprint density at radius 2 is 1.89 bits per heavy atom. The summed E-state index contributed by atoms with van der Waals surface area (Å²) in [5, 5.41) is 6.19. The molecule has 3 rings (SSSR count). The molecule has 19 heavy (non-hydrogen) atoms. The van der Waals surface area contributed by atoms with Crippen LogP contribution in [0.1, 0.15) is 5.56 Å². The first-order chi connectivity index (χ1) is 9.22. The van der Waals surface area contributed by atoms with Crippen molar-refractivity contribution in [2.45, 2.75) is 12.5 Å². The lowest BCUT2D eigenvalue weighted by atomic mass is 10.1. The minimum Gasteiger partial charge on any atom is -0.373 e. The van der Waals surface area contributed by atoms with Crippen LogP contribution in [-0.4, -0.2) is 11.9 Å². The normalized spacial score (nSPS) is 16.6. The third-order valence-corrected chi connectivity index (χ3v) is 3.92. The number of halogens is 1. The fraction of sp³-hybridized carbons (Fsp3) is 0.133. The Labute approximate surface area is 125 Å². The Morgan fingerprint density at radius 1 is 1.16 bits per heavy atom. The Morgan fingerprint density at radius 3 is 2.63 bits per heavy atom. The first-order valence-electron chi connectivity index (χ1n) is 6.13. The summed E-state index contributed by atoms with van der Waals surface area (Å²) >= 11 is 2.24. The predicted molar refractivity (Wildman–Crippen MR) is 85.3 cm³/mol. The van der Waals surface area contributed by atoms with Crippen LogP contribution in [0.3, 0.4) is 0 Å². The molecule has 1 amide bonds. The number of carbonyl (C=O) groups excluding carboxylic acids is 1. The van der Waals surface area contributed by atoms with Crippen molar-refractivity contribution in [1.82, 2.24) is 0 Å². The number of hydrogen-bond acceptors (Lipinski definition) is 2. The van der Waals surface area contributed by atoms with Crippen LogP contribution in [0, 0.1) is 3.57 Å². The first kappa shape index (κ1) is 12.5. The van der Waals surface area contributed by atoms with Gasteiger partial charge in [-0.15, -0.1) is 0 Å². The standard InChI is InChI=1S/C15H13IN2O/c16-11-5-7-12(8-6-11)17-15(19)14-9-10-3-1-2-4-13(10)18-14/h1-8,14,18H,9H2,(H,17,19). The molecule has 0 saturated carbocycles. The highest BCUT2D eigenvalue weighted by atomic mass is 127. The lowest BCUT2D eigenvalue weighted by Crippen LogP contribution is -2.32. The van der Waals surface area contributed by atoms with Crippen LogP contribution < -0.4 is 10.6 Å². The maximum Gasteiger partial charge on any atom is 0.247 e. The molecule has 1 heterocycles. The third kappa shape index (κ3) is 2.73. The van der Waals surface area contributed by atoms with Crippen LogP contribution in [0.15, 0.2) is 48.5 Å².